The van der Waals surface area contributed by atoms with Crippen LogP contribution in [0.25, 0.3) is 0 Å². The largest absolute Gasteiger partial charge is 0.496 e. The van der Waals surface area contributed by atoms with Crippen LogP contribution in [0.4, 0.5) is 0 Å². The van der Waals surface area contributed by atoms with Gasteiger partial charge in [0.15, 0.2) is 0 Å². The predicted molar refractivity (Wildman–Crippen MR) is 125 cm³/mol. The molecule has 0 fully saturated rings. The zero-order valence-corrected chi connectivity index (χ0v) is 19.3. The molecule has 32 heavy (non-hydrogen) atoms. The van der Waals surface area contributed by atoms with E-state index in [4.69, 9.17) is 4.74 Å². The van der Waals surface area contributed by atoms with Gasteiger partial charge in [0.1, 0.15) is 5.75 Å². The van der Waals surface area contributed by atoms with E-state index in [9.17, 15) is 13.2 Å². The van der Waals surface area contributed by atoms with Crippen LogP contribution in [-0.2, 0) is 21.4 Å². The van der Waals surface area contributed by atoms with E-state index >= 15 is 0 Å². The summed E-state index contributed by atoms with van der Waals surface area (Å²) in [5.41, 5.74) is 2.45. The molecule has 1 amide bonds. The third kappa shape index (κ3) is 5.75. The number of hydrogen-bond donors (Lipinski definition) is 1. The van der Waals surface area contributed by atoms with Crippen molar-refractivity contribution in [3.63, 3.8) is 0 Å². The number of amides is 1. The Morgan fingerprint density at radius 1 is 1.00 bits per heavy atom. The summed E-state index contributed by atoms with van der Waals surface area (Å²) < 4.78 is 33.4. The number of nitrogens with zero attached hydrogens (tertiary/aromatic N) is 1. The first-order chi connectivity index (χ1) is 15.3. The van der Waals surface area contributed by atoms with Crippen molar-refractivity contribution in [1.29, 1.82) is 0 Å². The van der Waals surface area contributed by atoms with Gasteiger partial charge in [0.05, 0.1) is 24.6 Å². The van der Waals surface area contributed by atoms with Gasteiger partial charge < -0.3 is 10.1 Å². The van der Waals surface area contributed by atoms with Crippen molar-refractivity contribution in [3.8, 4) is 5.75 Å². The average Bonchev–Trinajstić information content (AvgIpc) is 2.79. The summed E-state index contributed by atoms with van der Waals surface area (Å²) in [7, 11) is -2.39. The molecule has 0 saturated carbocycles. The van der Waals surface area contributed by atoms with Crippen LogP contribution in [0, 0.1) is 6.92 Å². The quantitative estimate of drug-likeness (QED) is 0.531. The minimum Gasteiger partial charge on any atom is -0.496 e. The van der Waals surface area contributed by atoms with Crippen LogP contribution in [0.5, 0.6) is 5.75 Å². The number of rotatable bonds is 9. The summed E-state index contributed by atoms with van der Waals surface area (Å²) in [4.78, 5) is 13.0. The van der Waals surface area contributed by atoms with E-state index < -0.39 is 10.0 Å². The van der Waals surface area contributed by atoms with Crippen molar-refractivity contribution < 1.29 is 17.9 Å². The van der Waals surface area contributed by atoms with Gasteiger partial charge in [0.2, 0.25) is 15.9 Å². The maximum absolute atomic E-state index is 13.5. The topological polar surface area (TPSA) is 75.7 Å². The number of ether oxygens (including phenoxy) is 1. The van der Waals surface area contributed by atoms with Crippen LogP contribution in [-0.4, -0.2) is 32.3 Å². The Labute approximate surface area is 189 Å². The Morgan fingerprint density at radius 2 is 1.62 bits per heavy atom. The van der Waals surface area contributed by atoms with Crippen molar-refractivity contribution in [1.82, 2.24) is 9.62 Å². The maximum atomic E-state index is 13.5. The van der Waals surface area contributed by atoms with Gasteiger partial charge in [-0.15, -0.1) is 0 Å². The van der Waals surface area contributed by atoms with Gasteiger partial charge in [-0.2, -0.15) is 4.31 Å². The fourth-order valence-corrected chi connectivity index (χ4v) is 4.92. The fourth-order valence-electron chi connectivity index (χ4n) is 3.45. The molecular weight excluding hydrogens is 424 g/mol. The van der Waals surface area contributed by atoms with Crippen LogP contribution >= 0.6 is 0 Å². The number of nitrogens with one attached hydrogen (secondary N) is 1. The van der Waals surface area contributed by atoms with Crippen LogP contribution in [0.15, 0.2) is 83.8 Å². The smallest absolute Gasteiger partial charge is 0.243 e. The van der Waals surface area contributed by atoms with Crippen LogP contribution in [0.3, 0.4) is 0 Å². The highest BCUT2D eigenvalue weighted by atomic mass is 32.2. The summed E-state index contributed by atoms with van der Waals surface area (Å²) >= 11 is 0. The molecule has 3 aromatic carbocycles. The highest BCUT2D eigenvalue weighted by molar-refractivity contribution is 7.89. The second-order valence-corrected chi connectivity index (χ2v) is 9.53. The SMILES string of the molecule is COc1ccc(S(=O)(=O)N(CC(=O)NC(C)c2ccccc2)Cc2ccccc2)cc1C. The van der Waals surface area contributed by atoms with Gasteiger partial charge in [0, 0.05) is 6.54 Å². The molecule has 3 rings (SSSR count). The molecule has 0 radical (unpaired) electrons. The number of carbonyl (C=O) groups is 1. The van der Waals surface area contributed by atoms with E-state index in [0.717, 1.165) is 11.1 Å². The van der Waals surface area contributed by atoms with Gasteiger partial charge in [0.25, 0.3) is 0 Å². The molecular formula is C25H28N2O4S. The first-order valence-electron chi connectivity index (χ1n) is 10.3. The minimum atomic E-state index is -3.93. The molecule has 3 aromatic rings. The average molecular weight is 453 g/mol. The maximum Gasteiger partial charge on any atom is 0.243 e. The minimum absolute atomic E-state index is 0.0847. The van der Waals surface area contributed by atoms with Crippen molar-refractivity contribution in [2.45, 2.75) is 31.3 Å². The molecule has 0 aliphatic carbocycles. The van der Waals surface area contributed by atoms with E-state index in [2.05, 4.69) is 5.32 Å². The van der Waals surface area contributed by atoms with E-state index in [1.807, 2.05) is 67.6 Å². The molecule has 0 bridgehead atoms. The Balaban J connectivity index is 1.86. The molecule has 0 aliphatic heterocycles. The second-order valence-electron chi connectivity index (χ2n) is 7.59. The van der Waals surface area contributed by atoms with E-state index in [1.54, 1.807) is 19.1 Å². The monoisotopic (exact) mass is 452 g/mol. The van der Waals surface area contributed by atoms with E-state index in [0.29, 0.717) is 11.3 Å². The van der Waals surface area contributed by atoms with Crippen molar-refractivity contribution in [3.05, 3.63) is 95.6 Å². The Morgan fingerprint density at radius 3 is 2.22 bits per heavy atom. The lowest BCUT2D eigenvalue weighted by molar-refractivity contribution is -0.122. The zero-order chi connectivity index (χ0) is 23.1. The second kappa shape index (κ2) is 10.4. The van der Waals surface area contributed by atoms with Gasteiger partial charge in [-0.05, 0) is 48.7 Å². The summed E-state index contributed by atoms with van der Waals surface area (Å²) in [5, 5.41) is 2.90. The van der Waals surface area contributed by atoms with Crippen LogP contribution in [0.1, 0.15) is 29.7 Å². The molecule has 0 spiro atoms. The van der Waals surface area contributed by atoms with Crippen LogP contribution < -0.4 is 10.1 Å². The van der Waals surface area contributed by atoms with Gasteiger partial charge in [-0.25, -0.2) is 8.42 Å². The highest BCUT2D eigenvalue weighted by Crippen LogP contribution is 2.25. The predicted octanol–water partition coefficient (Wildman–Crippen LogP) is 4.07. The van der Waals surface area contributed by atoms with E-state index in [1.165, 1.54) is 17.5 Å². The Hall–Kier alpha value is -3.16. The number of hydrogen-bond acceptors (Lipinski definition) is 4. The molecule has 168 valence electrons. The van der Waals surface area contributed by atoms with Gasteiger partial charge in [-0.3, -0.25) is 4.79 Å². The molecule has 1 unspecified atom stereocenters. The van der Waals surface area contributed by atoms with Gasteiger partial charge in [-0.1, -0.05) is 60.7 Å². The normalized spacial score (nSPS) is 12.4. The Kier molecular flexibility index (Phi) is 7.66. The van der Waals surface area contributed by atoms with Crippen LogP contribution in [0.2, 0.25) is 0 Å². The number of carbonyl (C=O) groups excluding carboxylic acids is 1. The molecule has 0 saturated heterocycles. The third-order valence-electron chi connectivity index (χ3n) is 5.20. The van der Waals surface area contributed by atoms with Gasteiger partial charge >= 0.3 is 0 Å². The number of benzene rings is 3. The van der Waals surface area contributed by atoms with Crippen molar-refractivity contribution >= 4 is 15.9 Å². The van der Waals surface area contributed by atoms with Crippen molar-refractivity contribution in [2.24, 2.45) is 0 Å². The molecule has 0 aliphatic rings. The Bertz CT molecular complexity index is 1150. The first-order valence-corrected chi connectivity index (χ1v) is 11.8. The summed E-state index contributed by atoms with van der Waals surface area (Å²) in [6.45, 7) is 3.45. The lowest BCUT2D eigenvalue weighted by Crippen LogP contribution is -2.41. The summed E-state index contributed by atoms with van der Waals surface area (Å²) in [6, 6.07) is 23.2. The number of aryl methyl sites for hydroxylation is 1. The number of methoxy groups -OCH3 is 1. The third-order valence-corrected chi connectivity index (χ3v) is 6.99. The standard InChI is InChI=1S/C25H28N2O4S/c1-19-16-23(14-15-24(19)31-3)32(29,30)27(17-21-10-6-4-7-11-21)18-25(28)26-20(2)22-12-8-5-9-13-22/h4-16,20H,17-18H2,1-3H3,(H,26,28). The summed E-state index contributed by atoms with van der Waals surface area (Å²) in [6.07, 6.45) is 0. The first kappa shape index (κ1) is 23.5. The molecule has 1 atom stereocenters. The lowest BCUT2D eigenvalue weighted by Gasteiger charge is -2.23. The van der Waals surface area contributed by atoms with E-state index in [-0.39, 0.29) is 29.9 Å². The van der Waals surface area contributed by atoms with Crippen molar-refractivity contribution in [2.75, 3.05) is 13.7 Å². The summed E-state index contributed by atoms with van der Waals surface area (Å²) in [5.74, 6) is 0.235. The highest BCUT2D eigenvalue weighted by Gasteiger charge is 2.28. The molecule has 6 nitrogen and oxygen atoms in total. The molecule has 0 heterocycles. The molecule has 1 N–H and O–H groups in total. The molecule has 0 aromatic heterocycles. The molecule has 7 heteroatoms. The zero-order valence-electron chi connectivity index (χ0n) is 18.5. The lowest BCUT2D eigenvalue weighted by atomic mass is 10.1. The number of sulfonamides is 1. The fraction of sp³-hybridized carbons (Fsp3) is 0.240.